The number of carbonyl (C=O) groups is 1. The van der Waals surface area contributed by atoms with Crippen molar-refractivity contribution in [1.82, 2.24) is 14.9 Å². The number of nitrogens with one attached hydrogen (secondary N) is 1. The summed E-state index contributed by atoms with van der Waals surface area (Å²) in [5, 5.41) is 3.11. The van der Waals surface area contributed by atoms with Crippen LogP contribution in [0.3, 0.4) is 0 Å². The molecule has 1 N–H and O–H groups in total. The van der Waals surface area contributed by atoms with Crippen molar-refractivity contribution < 1.29 is 9.53 Å². The van der Waals surface area contributed by atoms with E-state index >= 15 is 0 Å². The summed E-state index contributed by atoms with van der Waals surface area (Å²) in [5.41, 5.74) is 3.56. The minimum atomic E-state index is -0.0923. The second kappa shape index (κ2) is 12.0. The molecule has 1 heterocycles. The van der Waals surface area contributed by atoms with Gasteiger partial charge in [0.25, 0.3) is 5.91 Å². The lowest BCUT2D eigenvalue weighted by Gasteiger charge is -2.16. The van der Waals surface area contributed by atoms with Gasteiger partial charge in [0.2, 0.25) is 0 Å². The van der Waals surface area contributed by atoms with E-state index in [1.165, 1.54) is 12.8 Å². The number of imidazole rings is 1. The Hall–Kier alpha value is -3.86. The van der Waals surface area contributed by atoms with Crippen LogP contribution in [0.25, 0.3) is 16.8 Å². The first-order valence-electron chi connectivity index (χ1n) is 12.4. The first-order chi connectivity index (χ1) is 17.2. The predicted octanol–water partition coefficient (Wildman–Crippen LogP) is 7.28. The molecule has 0 radical (unpaired) electrons. The van der Waals surface area contributed by atoms with E-state index in [0.29, 0.717) is 18.2 Å². The Labute approximate surface area is 207 Å². The van der Waals surface area contributed by atoms with E-state index in [-0.39, 0.29) is 5.91 Å². The van der Waals surface area contributed by atoms with E-state index in [2.05, 4.69) is 36.3 Å². The Bertz CT molecular complexity index is 1220. The molecule has 5 nitrogen and oxygen atoms in total. The van der Waals surface area contributed by atoms with Crippen LogP contribution >= 0.6 is 0 Å². The molecule has 0 spiro atoms. The highest BCUT2D eigenvalue weighted by molar-refractivity contribution is 5.93. The molecular weight excluding hydrogens is 434 g/mol. The maximum Gasteiger partial charge on any atom is 0.269 e. The van der Waals surface area contributed by atoms with Crippen LogP contribution in [0.15, 0.2) is 91.4 Å². The molecule has 1 aromatic heterocycles. The topological polar surface area (TPSA) is 56.2 Å². The van der Waals surface area contributed by atoms with Gasteiger partial charge in [-0.15, -0.1) is 0 Å². The molecule has 4 rings (SSSR count). The molecule has 0 fully saturated rings. The molecule has 1 amide bonds. The third kappa shape index (κ3) is 6.38. The first-order valence-corrected chi connectivity index (χ1v) is 12.4. The number of hydrogen-bond acceptors (Lipinski definition) is 3. The lowest BCUT2D eigenvalue weighted by atomic mass is 9.99. The average Bonchev–Trinajstić information content (AvgIpc) is 3.40. The zero-order valence-electron chi connectivity index (χ0n) is 20.5. The van der Waals surface area contributed by atoms with E-state index < -0.39 is 0 Å². The van der Waals surface area contributed by atoms with E-state index in [9.17, 15) is 4.79 Å². The highest BCUT2D eigenvalue weighted by atomic mass is 16.5. The summed E-state index contributed by atoms with van der Waals surface area (Å²) in [5.74, 6) is 2.01. The summed E-state index contributed by atoms with van der Waals surface area (Å²) < 4.78 is 7.75. The van der Waals surface area contributed by atoms with Crippen molar-refractivity contribution in [3.05, 3.63) is 97.1 Å². The fourth-order valence-corrected chi connectivity index (χ4v) is 4.12. The van der Waals surface area contributed by atoms with Gasteiger partial charge in [-0.25, -0.2) is 4.98 Å². The fraction of sp³-hybridized carbons (Fsp3) is 0.267. The molecule has 3 aromatic carbocycles. The zero-order valence-corrected chi connectivity index (χ0v) is 20.5. The van der Waals surface area contributed by atoms with Crippen LogP contribution in [-0.4, -0.2) is 22.0 Å². The molecule has 35 heavy (non-hydrogen) atoms. The van der Waals surface area contributed by atoms with Gasteiger partial charge in [-0.1, -0.05) is 75.6 Å². The van der Waals surface area contributed by atoms with Gasteiger partial charge in [-0.2, -0.15) is 0 Å². The molecule has 0 aliphatic heterocycles. The fourth-order valence-electron chi connectivity index (χ4n) is 4.12. The molecule has 0 aliphatic rings. The highest BCUT2D eigenvalue weighted by Gasteiger charge is 2.15. The zero-order chi connectivity index (χ0) is 24.5. The summed E-state index contributed by atoms with van der Waals surface area (Å²) in [7, 11) is 0. The molecule has 0 saturated carbocycles. The Morgan fingerprint density at radius 3 is 2.46 bits per heavy atom. The number of nitrogens with zero attached hydrogens (tertiary/aromatic N) is 2. The van der Waals surface area contributed by atoms with Crippen LogP contribution in [0.2, 0.25) is 0 Å². The Morgan fingerprint density at radius 1 is 0.943 bits per heavy atom. The second-order valence-corrected chi connectivity index (χ2v) is 8.77. The van der Waals surface area contributed by atoms with Crippen molar-refractivity contribution in [2.75, 3.05) is 6.54 Å². The Balaban J connectivity index is 1.47. The summed E-state index contributed by atoms with van der Waals surface area (Å²) >= 11 is 0. The van der Waals surface area contributed by atoms with Gasteiger partial charge in [0.15, 0.2) is 0 Å². The van der Waals surface area contributed by atoms with Crippen molar-refractivity contribution in [2.24, 2.45) is 5.92 Å². The van der Waals surface area contributed by atoms with Crippen molar-refractivity contribution in [3.63, 3.8) is 0 Å². The van der Waals surface area contributed by atoms with Crippen molar-refractivity contribution in [1.29, 1.82) is 0 Å². The smallest absolute Gasteiger partial charge is 0.269 e. The van der Waals surface area contributed by atoms with Crippen molar-refractivity contribution in [3.8, 4) is 28.3 Å². The summed E-state index contributed by atoms with van der Waals surface area (Å²) in [6.07, 6.45) is 7.90. The van der Waals surface area contributed by atoms with Crippen molar-refractivity contribution in [2.45, 2.75) is 39.5 Å². The quantitative estimate of drug-likeness (QED) is 0.252. The molecular formula is C30H33N3O2. The lowest BCUT2D eigenvalue weighted by molar-refractivity contribution is 0.0939. The number of benzene rings is 3. The molecule has 4 aromatic rings. The largest absolute Gasteiger partial charge is 0.457 e. The monoisotopic (exact) mass is 467 g/mol. The number of amides is 1. The number of hydrogen-bond donors (Lipinski definition) is 1. The lowest BCUT2D eigenvalue weighted by Crippen LogP contribution is -2.30. The van der Waals surface area contributed by atoms with Crippen LogP contribution in [-0.2, 0) is 0 Å². The highest BCUT2D eigenvalue weighted by Crippen LogP contribution is 2.27. The van der Waals surface area contributed by atoms with Crippen LogP contribution < -0.4 is 10.1 Å². The van der Waals surface area contributed by atoms with Gasteiger partial charge < -0.3 is 10.1 Å². The van der Waals surface area contributed by atoms with Gasteiger partial charge in [0, 0.05) is 12.2 Å². The Kier molecular flexibility index (Phi) is 8.34. The average molecular weight is 468 g/mol. The number of carbonyl (C=O) groups excluding carboxylic acids is 1. The number of ether oxygens (including phenoxy) is 1. The first kappa shape index (κ1) is 24.3. The van der Waals surface area contributed by atoms with E-state index in [1.54, 1.807) is 12.5 Å². The van der Waals surface area contributed by atoms with Crippen LogP contribution in [0.4, 0.5) is 0 Å². The van der Waals surface area contributed by atoms with Crippen LogP contribution in [0.1, 0.15) is 50.0 Å². The second-order valence-electron chi connectivity index (χ2n) is 8.77. The maximum atomic E-state index is 13.0. The van der Waals surface area contributed by atoms with Gasteiger partial charge >= 0.3 is 0 Å². The molecule has 0 saturated heterocycles. The standard InChI is InChI=1S/C30H33N3O2/c1-3-5-10-23(4-2)20-32-30(34)29-21-31-22-33(29)26-12-9-11-25(19-26)24-15-17-28(18-16-24)35-27-13-7-6-8-14-27/h6-9,11-19,21-23H,3-5,10,20H2,1-2H3,(H,32,34). The normalized spacial score (nSPS) is 11.7. The number of aromatic nitrogens is 2. The van der Waals surface area contributed by atoms with Gasteiger partial charge in [0.05, 0.1) is 12.5 Å². The minimum absolute atomic E-state index is 0.0923. The van der Waals surface area contributed by atoms with Gasteiger partial charge in [0.1, 0.15) is 17.2 Å². The van der Waals surface area contributed by atoms with Crippen LogP contribution in [0.5, 0.6) is 11.5 Å². The van der Waals surface area contributed by atoms with E-state index in [4.69, 9.17) is 4.74 Å². The summed E-state index contributed by atoms with van der Waals surface area (Å²) in [6, 6.07) is 25.9. The van der Waals surface area contributed by atoms with Gasteiger partial charge in [-0.3, -0.25) is 9.36 Å². The molecule has 0 bridgehead atoms. The molecule has 5 heteroatoms. The molecule has 0 aliphatic carbocycles. The van der Waals surface area contributed by atoms with Gasteiger partial charge in [-0.05, 0) is 59.9 Å². The molecule has 180 valence electrons. The number of para-hydroxylation sites is 1. The van der Waals surface area contributed by atoms with Crippen LogP contribution in [0, 0.1) is 5.92 Å². The number of rotatable bonds is 11. The molecule has 1 atom stereocenters. The SMILES string of the molecule is CCCCC(CC)CNC(=O)c1cncn1-c1cccc(-c2ccc(Oc3ccccc3)cc2)c1. The third-order valence-electron chi connectivity index (χ3n) is 6.26. The van der Waals surface area contributed by atoms with E-state index in [0.717, 1.165) is 41.2 Å². The predicted molar refractivity (Wildman–Crippen MR) is 141 cm³/mol. The van der Waals surface area contributed by atoms with E-state index in [1.807, 2.05) is 71.3 Å². The minimum Gasteiger partial charge on any atom is -0.457 e. The molecule has 1 unspecified atom stereocenters. The maximum absolute atomic E-state index is 13.0. The number of unbranched alkanes of at least 4 members (excludes halogenated alkanes) is 1. The summed E-state index contributed by atoms with van der Waals surface area (Å²) in [4.78, 5) is 17.2. The third-order valence-corrected chi connectivity index (χ3v) is 6.26. The van der Waals surface area contributed by atoms with Crippen molar-refractivity contribution >= 4 is 5.91 Å². The Morgan fingerprint density at radius 2 is 1.71 bits per heavy atom. The summed E-state index contributed by atoms with van der Waals surface area (Å²) in [6.45, 7) is 5.07.